The number of benzene rings is 2. The van der Waals surface area contributed by atoms with Crippen molar-refractivity contribution in [2.75, 3.05) is 171 Å². The molecule has 0 radical (unpaired) electrons. The fraction of sp³-hybridized carbons (Fsp3) is 0.739. The highest BCUT2D eigenvalue weighted by Gasteiger charge is 2.07. The van der Waals surface area contributed by atoms with Crippen molar-refractivity contribution in [1.82, 2.24) is 25.3 Å². The summed E-state index contributed by atoms with van der Waals surface area (Å²) < 4.78 is 23.0. The molecule has 0 spiro atoms. The summed E-state index contributed by atoms with van der Waals surface area (Å²) >= 11 is 0. The Hall–Kier alpha value is -2.52. The molecule has 0 saturated heterocycles. The number of ether oxygens (including phenoxy) is 4. The third kappa shape index (κ3) is 33.1. The zero-order valence-electron chi connectivity index (χ0n) is 38.7. The summed E-state index contributed by atoms with van der Waals surface area (Å²) in [6.07, 6.45) is 0. The van der Waals surface area contributed by atoms with Crippen molar-refractivity contribution in [3.05, 3.63) is 57.6 Å². The molecule has 16 nitrogen and oxygen atoms in total. The molecule has 0 amide bonds. The first kappa shape index (κ1) is 63.8. The Labute approximate surface area is 379 Å². The highest BCUT2D eigenvalue weighted by atomic mass is 16.5. The van der Waals surface area contributed by atoms with E-state index in [0.717, 1.165) is 110 Å². The number of hydrogen-bond donors (Lipinski definition) is 9. The number of aryl methyl sites for hydroxylation is 6. The summed E-state index contributed by atoms with van der Waals surface area (Å²) in [5.41, 5.74) is 45.6. The van der Waals surface area contributed by atoms with Crippen LogP contribution in [0, 0.1) is 41.5 Å². The molecule has 0 bridgehead atoms. The van der Waals surface area contributed by atoms with Crippen molar-refractivity contribution in [1.29, 1.82) is 0 Å². The van der Waals surface area contributed by atoms with Crippen molar-refractivity contribution in [3.8, 4) is 11.5 Å². The van der Waals surface area contributed by atoms with Gasteiger partial charge in [0.1, 0.15) is 24.7 Å². The van der Waals surface area contributed by atoms with Crippen LogP contribution in [-0.2, 0) is 9.47 Å². The molecule has 0 unspecified atom stereocenters. The van der Waals surface area contributed by atoms with Gasteiger partial charge in [-0.1, -0.05) is 50.2 Å². The predicted octanol–water partition coefficient (Wildman–Crippen LogP) is 1.07. The average Bonchev–Trinajstić information content (AvgIpc) is 3.19. The second-order valence-corrected chi connectivity index (χ2v) is 14.9. The fourth-order valence-electron chi connectivity index (χ4n) is 6.70. The van der Waals surface area contributed by atoms with Gasteiger partial charge in [0.15, 0.2) is 0 Å². The van der Waals surface area contributed by atoms with Crippen molar-refractivity contribution < 1.29 is 18.9 Å². The van der Waals surface area contributed by atoms with Crippen LogP contribution in [0.15, 0.2) is 24.3 Å². The standard InChI is InChI=1S/C22H30O3.C16H42N8O.C6H18N4.2CH4/c1-15-11-17(3)21(18(4)12-15)24-9-7-23-8-10-25-22-19(5)13-16(2)14-20(22)6;17-1-9-23(10-2-18)13-5-21-7-15-25-16-8-22-6-14-24(11-3-19)12-4-20;7-1-4-10(5-2-8)6-3-9;;/h11-14H,7-10H2,1-6H3;21-22H,1-20H2;1-9H2;2*1H4. The molecule has 0 fully saturated rings. The molecule has 2 rings (SSSR count). The molecule has 0 aliphatic carbocycles. The Morgan fingerprint density at radius 1 is 0.371 bits per heavy atom. The van der Waals surface area contributed by atoms with E-state index in [1.807, 2.05) is 0 Å². The van der Waals surface area contributed by atoms with Gasteiger partial charge in [0.2, 0.25) is 0 Å². The summed E-state index contributed by atoms with van der Waals surface area (Å²) in [5, 5.41) is 6.76. The molecule has 0 aliphatic rings. The largest absolute Gasteiger partial charge is 0.491 e. The second-order valence-electron chi connectivity index (χ2n) is 14.9. The molecule has 16 N–H and O–H groups in total. The van der Waals surface area contributed by atoms with Crippen LogP contribution in [0.4, 0.5) is 0 Å². The summed E-state index contributed by atoms with van der Waals surface area (Å²) in [6, 6.07) is 8.57. The minimum Gasteiger partial charge on any atom is -0.491 e. The molecule has 0 aliphatic heterocycles. The van der Waals surface area contributed by atoms with Gasteiger partial charge in [-0.3, -0.25) is 14.7 Å². The van der Waals surface area contributed by atoms with E-state index in [1.54, 1.807) is 0 Å². The molecule has 2 aromatic rings. The van der Waals surface area contributed by atoms with Gasteiger partial charge in [-0.25, -0.2) is 0 Å². The van der Waals surface area contributed by atoms with Gasteiger partial charge in [0, 0.05) is 131 Å². The maximum atomic E-state index is 5.87. The lowest BCUT2D eigenvalue weighted by atomic mass is 10.1. The fourth-order valence-corrected chi connectivity index (χ4v) is 6.70. The highest BCUT2D eigenvalue weighted by Crippen LogP contribution is 2.25. The van der Waals surface area contributed by atoms with Crippen LogP contribution in [0.2, 0.25) is 0 Å². The lowest BCUT2D eigenvalue weighted by molar-refractivity contribution is 0.0758. The lowest BCUT2D eigenvalue weighted by Crippen LogP contribution is -2.39. The molecule has 0 aromatic heterocycles. The van der Waals surface area contributed by atoms with E-state index in [-0.39, 0.29) is 14.9 Å². The quantitative estimate of drug-likeness (QED) is 0.0446. The first-order valence-electron chi connectivity index (χ1n) is 22.1. The van der Waals surface area contributed by atoms with Gasteiger partial charge < -0.3 is 69.7 Å². The Bertz CT molecular complexity index is 1140. The summed E-state index contributed by atoms with van der Waals surface area (Å²) in [7, 11) is 0. The van der Waals surface area contributed by atoms with E-state index in [9.17, 15) is 0 Å². The third-order valence-electron chi connectivity index (χ3n) is 9.33. The molecule has 0 atom stereocenters. The number of nitrogens with two attached hydrogens (primary N) is 7. The maximum absolute atomic E-state index is 5.87. The van der Waals surface area contributed by atoms with Crippen LogP contribution in [-0.4, -0.2) is 185 Å². The van der Waals surface area contributed by atoms with Crippen LogP contribution in [0.25, 0.3) is 0 Å². The number of hydrogen-bond acceptors (Lipinski definition) is 16. The van der Waals surface area contributed by atoms with E-state index in [2.05, 4.69) is 91.1 Å². The second kappa shape index (κ2) is 43.7. The molecular formula is C46H98N12O4. The number of nitrogens with one attached hydrogen (secondary N) is 2. The molecule has 366 valence electrons. The van der Waals surface area contributed by atoms with E-state index in [0.29, 0.717) is 72.2 Å². The Balaban J connectivity index is -0.000000899. The Morgan fingerprint density at radius 3 is 0.903 bits per heavy atom. The molecule has 0 heterocycles. The third-order valence-corrected chi connectivity index (χ3v) is 9.33. The van der Waals surface area contributed by atoms with Crippen molar-refractivity contribution >= 4 is 0 Å². The molecule has 0 saturated carbocycles. The van der Waals surface area contributed by atoms with Crippen molar-refractivity contribution in [3.63, 3.8) is 0 Å². The van der Waals surface area contributed by atoms with E-state index >= 15 is 0 Å². The van der Waals surface area contributed by atoms with Gasteiger partial charge >= 0.3 is 0 Å². The van der Waals surface area contributed by atoms with Crippen LogP contribution in [0.1, 0.15) is 48.2 Å². The van der Waals surface area contributed by atoms with Crippen LogP contribution >= 0.6 is 0 Å². The summed E-state index contributed by atoms with van der Waals surface area (Å²) in [4.78, 5) is 6.72. The zero-order valence-corrected chi connectivity index (χ0v) is 38.7. The summed E-state index contributed by atoms with van der Waals surface area (Å²) in [5.74, 6) is 1.94. The average molecular weight is 883 g/mol. The van der Waals surface area contributed by atoms with Crippen LogP contribution < -0.4 is 60.2 Å². The molecule has 2 aromatic carbocycles. The maximum Gasteiger partial charge on any atom is 0.125 e. The van der Waals surface area contributed by atoms with Crippen molar-refractivity contribution in [2.45, 2.75) is 56.4 Å². The minimum absolute atomic E-state index is 0. The first-order chi connectivity index (χ1) is 29.0. The SMILES string of the molecule is C.C.Cc1cc(C)c(OCCOCCOc2c(C)cc(C)cc2C)c(C)c1.NCCN(CCN)CCN.NCCN(CCN)CCNCCOCCNCCN(CCN)CCN. The first-order valence-corrected chi connectivity index (χ1v) is 22.1. The molecular weight excluding hydrogens is 785 g/mol. The molecule has 62 heavy (non-hydrogen) atoms. The van der Waals surface area contributed by atoms with Gasteiger partial charge in [0.25, 0.3) is 0 Å². The molecule has 16 heteroatoms. The van der Waals surface area contributed by atoms with Gasteiger partial charge in [0.05, 0.1) is 26.4 Å². The topological polar surface area (TPSA) is 253 Å². The van der Waals surface area contributed by atoms with Gasteiger partial charge in [-0.2, -0.15) is 0 Å². The normalized spacial score (nSPS) is 10.8. The Kier molecular flexibility index (Phi) is 45.0. The van der Waals surface area contributed by atoms with Crippen LogP contribution in [0.3, 0.4) is 0 Å². The predicted molar refractivity (Wildman–Crippen MR) is 266 cm³/mol. The van der Waals surface area contributed by atoms with Crippen LogP contribution in [0.5, 0.6) is 11.5 Å². The number of rotatable bonds is 34. The van der Waals surface area contributed by atoms with E-state index in [1.165, 1.54) is 33.4 Å². The summed E-state index contributed by atoms with van der Waals surface area (Å²) in [6.45, 7) is 32.7. The zero-order chi connectivity index (χ0) is 44.8. The monoisotopic (exact) mass is 883 g/mol. The van der Waals surface area contributed by atoms with Crippen molar-refractivity contribution in [2.24, 2.45) is 40.1 Å². The van der Waals surface area contributed by atoms with Gasteiger partial charge in [-0.15, -0.1) is 0 Å². The minimum atomic E-state index is 0. The van der Waals surface area contributed by atoms with E-state index in [4.69, 9.17) is 59.1 Å². The number of nitrogens with zero attached hydrogens (tertiary/aromatic N) is 3. The smallest absolute Gasteiger partial charge is 0.125 e. The Morgan fingerprint density at radius 2 is 0.629 bits per heavy atom. The van der Waals surface area contributed by atoms with E-state index < -0.39 is 0 Å². The lowest BCUT2D eigenvalue weighted by Gasteiger charge is -2.21. The van der Waals surface area contributed by atoms with Gasteiger partial charge in [-0.05, 0) is 63.8 Å². The highest BCUT2D eigenvalue weighted by molar-refractivity contribution is 5.43.